The fourth-order valence-electron chi connectivity index (χ4n) is 5.05. The van der Waals surface area contributed by atoms with Crippen molar-refractivity contribution in [3.8, 4) is 5.75 Å². The van der Waals surface area contributed by atoms with E-state index in [0.29, 0.717) is 44.0 Å². The summed E-state index contributed by atoms with van der Waals surface area (Å²) in [5.41, 5.74) is 0.387. The van der Waals surface area contributed by atoms with Crippen LogP contribution in [0, 0.1) is 0 Å². The summed E-state index contributed by atoms with van der Waals surface area (Å²) < 4.78 is 84.4. The number of aliphatic hydroxyl groups excluding tert-OH is 1. The topological polar surface area (TPSA) is 56.8 Å². The molecule has 1 aliphatic heterocycles. The number of aliphatic hydroxyl groups is 1. The molecule has 0 aromatic heterocycles. The molecule has 0 saturated carbocycles. The van der Waals surface area contributed by atoms with Crippen molar-refractivity contribution in [2.75, 3.05) is 39.3 Å². The maximum atomic E-state index is 13.2. The van der Waals surface area contributed by atoms with Crippen molar-refractivity contribution in [2.24, 2.45) is 0 Å². The van der Waals surface area contributed by atoms with E-state index in [-0.39, 0.29) is 24.2 Å². The first-order chi connectivity index (χ1) is 19.9. The van der Waals surface area contributed by atoms with Gasteiger partial charge in [0.2, 0.25) is 0 Å². The maximum Gasteiger partial charge on any atom is 0.416 e. The van der Waals surface area contributed by atoms with Gasteiger partial charge in [-0.2, -0.15) is 26.3 Å². The van der Waals surface area contributed by atoms with Crippen LogP contribution in [0.15, 0.2) is 72.8 Å². The Morgan fingerprint density at radius 1 is 0.952 bits per heavy atom. The van der Waals surface area contributed by atoms with Crippen LogP contribution in [0.2, 0.25) is 0 Å². The normalized spacial score (nSPS) is 18.0. The van der Waals surface area contributed by atoms with Gasteiger partial charge in [0, 0.05) is 44.8 Å². The number of alkyl halides is 6. The molecule has 0 amide bonds. The molecule has 4 rings (SSSR count). The van der Waals surface area contributed by atoms with E-state index >= 15 is 0 Å². The maximum absolute atomic E-state index is 13.2. The molecule has 3 N–H and O–H groups in total. The summed E-state index contributed by atoms with van der Waals surface area (Å²) in [5.74, 6) is 0.671. The van der Waals surface area contributed by atoms with E-state index < -0.39 is 29.6 Å². The molecule has 0 spiro atoms. The van der Waals surface area contributed by atoms with Gasteiger partial charge >= 0.3 is 12.4 Å². The first-order valence-electron chi connectivity index (χ1n) is 13.8. The summed E-state index contributed by atoms with van der Waals surface area (Å²) >= 11 is 0. The Balaban J connectivity index is 1.23. The zero-order valence-corrected chi connectivity index (χ0v) is 23.2. The molecule has 42 heavy (non-hydrogen) atoms. The van der Waals surface area contributed by atoms with E-state index in [1.165, 1.54) is 24.3 Å². The lowest BCUT2D eigenvalue weighted by Gasteiger charge is -2.36. The van der Waals surface area contributed by atoms with Crippen molar-refractivity contribution in [2.45, 2.75) is 43.9 Å². The van der Waals surface area contributed by atoms with Gasteiger partial charge in [0.15, 0.2) is 0 Å². The number of nitrogens with zero attached hydrogens (tertiary/aromatic N) is 1. The summed E-state index contributed by atoms with van der Waals surface area (Å²) in [6, 6.07) is 17.5. The number of benzene rings is 3. The molecule has 3 aromatic rings. The summed E-state index contributed by atoms with van der Waals surface area (Å²) in [4.78, 5) is 2.13. The number of nitrogens with one attached hydrogen (secondary N) is 2. The first kappa shape index (κ1) is 31.8. The molecule has 1 aliphatic rings. The zero-order valence-electron chi connectivity index (χ0n) is 23.2. The van der Waals surface area contributed by atoms with Gasteiger partial charge in [0.25, 0.3) is 0 Å². The van der Waals surface area contributed by atoms with Crippen LogP contribution in [0.3, 0.4) is 0 Å². The molecular formula is C31H35F6N3O2. The fraction of sp³-hybridized carbons (Fsp3) is 0.419. The van der Waals surface area contributed by atoms with Crippen LogP contribution < -0.4 is 15.4 Å². The third-order valence-corrected chi connectivity index (χ3v) is 7.32. The van der Waals surface area contributed by atoms with Crippen LogP contribution in [0.25, 0.3) is 0 Å². The Morgan fingerprint density at radius 2 is 1.62 bits per heavy atom. The molecular weight excluding hydrogens is 560 g/mol. The molecule has 0 bridgehead atoms. The number of hydrogen-bond donors (Lipinski definition) is 3. The second-order valence-electron chi connectivity index (χ2n) is 10.5. The Kier molecular flexibility index (Phi) is 10.5. The number of hydrogen-bond acceptors (Lipinski definition) is 5. The average molecular weight is 596 g/mol. The van der Waals surface area contributed by atoms with Crippen molar-refractivity contribution in [1.82, 2.24) is 15.5 Å². The molecule has 3 aromatic carbocycles. The summed E-state index contributed by atoms with van der Waals surface area (Å²) in [7, 11) is 0. The molecule has 3 unspecified atom stereocenters. The van der Waals surface area contributed by atoms with E-state index in [1.54, 1.807) is 6.07 Å². The molecule has 228 valence electrons. The first-order valence-corrected chi connectivity index (χ1v) is 13.8. The Bertz CT molecular complexity index is 1280. The van der Waals surface area contributed by atoms with Crippen LogP contribution in [0.5, 0.6) is 5.75 Å². The van der Waals surface area contributed by atoms with Crippen molar-refractivity contribution in [3.63, 3.8) is 0 Å². The van der Waals surface area contributed by atoms with Gasteiger partial charge in [-0.25, -0.2) is 0 Å². The van der Waals surface area contributed by atoms with Gasteiger partial charge in [-0.1, -0.05) is 36.4 Å². The quantitative estimate of drug-likeness (QED) is 0.238. The lowest BCUT2D eigenvalue weighted by molar-refractivity contribution is -0.138. The monoisotopic (exact) mass is 595 g/mol. The van der Waals surface area contributed by atoms with E-state index in [2.05, 4.69) is 15.5 Å². The van der Waals surface area contributed by atoms with Gasteiger partial charge in [0.05, 0.1) is 17.2 Å². The standard InChI is InChI=1S/C31H35F6N3O2/c1-21(39-20-29(41)24-5-3-7-26(18-24)31(35,36)37)16-22-8-10-27(11-9-22)42-15-14-40-13-12-38-19-28(40)23-4-2-6-25(17-23)30(32,33)34/h2-11,17-18,21,28-29,38-39,41H,12-16,19-20H2,1H3. The van der Waals surface area contributed by atoms with Crippen LogP contribution in [0.4, 0.5) is 26.3 Å². The molecule has 1 fully saturated rings. The molecule has 1 saturated heterocycles. The minimum absolute atomic E-state index is 0.0438. The van der Waals surface area contributed by atoms with E-state index in [0.717, 1.165) is 30.3 Å². The highest BCUT2D eigenvalue weighted by molar-refractivity contribution is 5.30. The smallest absolute Gasteiger partial charge is 0.416 e. The second-order valence-corrected chi connectivity index (χ2v) is 10.5. The fourth-order valence-corrected chi connectivity index (χ4v) is 5.05. The number of rotatable bonds is 11. The Morgan fingerprint density at radius 3 is 2.31 bits per heavy atom. The molecule has 0 radical (unpaired) electrons. The zero-order chi connectivity index (χ0) is 30.3. The van der Waals surface area contributed by atoms with Crippen LogP contribution in [-0.4, -0.2) is 55.4 Å². The van der Waals surface area contributed by atoms with Crippen LogP contribution >= 0.6 is 0 Å². The summed E-state index contributed by atoms with van der Waals surface area (Å²) in [6.45, 7) is 4.96. The van der Waals surface area contributed by atoms with Crippen molar-refractivity contribution < 1.29 is 36.2 Å². The molecule has 11 heteroatoms. The average Bonchev–Trinajstić information content (AvgIpc) is 2.96. The van der Waals surface area contributed by atoms with Crippen molar-refractivity contribution in [3.05, 3.63) is 101 Å². The minimum Gasteiger partial charge on any atom is -0.492 e. The highest BCUT2D eigenvalue weighted by atomic mass is 19.4. The third kappa shape index (κ3) is 8.94. The second kappa shape index (κ2) is 13.9. The van der Waals surface area contributed by atoms with Gasteiger partial charge in [-0.05, 0) is 66.4 Å². The number of halogens is 6. The molecule has 3 atom stereocenters. The van der Waals surface area contributed by atoms with Gasteiger partial charge in [-0.3, -0.25) is 4.90 Å². The van der Waals surface area contributed by atoms with Gasteiger partial charge in [0.1, 0.15) is 12.4 Å². The number of piperazine rings is 1. The van der Waals surface area contributed by atoms with Gasteiger partial charge in [-0.15, -0.1) is 0 Å². The van der Waals surface area contributed by atoms with E-state index in [1.807, 2.05) is 31.2 Å². The lowest BCUT2D eigenvalue weighted by atomic mass is 10.0. The minimum atomic E-state index is -4.47. The van der Waals surface area contributed by atoms with Crippen LogP contribution in [0.1, 0.15) is 46.9 Å². The van der Waals surface area contributed by atoms with Gasteiger partial charge < -0.3 is 20.5 Å². The largest absolute Gasteiger partial charge is 0.492 e. The van der Waals surface area contributed by atoms with Crippen LogP contribution in [-0.2, 0) is 18.8 Å². The molecule has 0 aliphatic carbocycles. The predicted molar refractivity (Wildman–Crippen MR) is 148 cm³/mol. The van der Waals surface area contributed by atoms with E-state index in [9.17, 15) is 31.4 Å². The molecule has 1 heterocycles. The summed E-state index contributed by atoms with van der Waals surface area (Å²) in [6.07, 6.45) is -9.30. The number of ether oxygens (including phenoxy) is 1. The van der Waals surface area contributed by atoms with Crippen molar-refractivity contribution in [1.29, 1.82) is 0 Å². The SMILES string of the molecule is CC(Cc1ccc(OCCN2CCNCC2c2cccc(C(F)(F)F)c2)cc1)NCC(O)c1cccc(C(F)(F)F)c1. The van der Waals surface area contributed by atoms with E-state index in [4.69, 9.17) is 4.74 Å². The van der Waals surface area contributed by atoms with Crippen molar-refractivity contribution >= 4 is 0 Å². The predicted octanol–water partition coefficient (Wildman–Crippen LogP) is 6.00. The molecule has 5 nitrogen and oxygen atoms in total. The highest BCUT2D eigenvalue weighted by Gasteiger charge is 2.32. The third-order valence-electron chi connectivity index (χ3n) is 7.32. The summed E-state index contributed by atoms with van der Waals surface area (Å²) in [5, 5.41) is 16.8. The Labute approximate surface area is 241 Å². The lowest BCUT2D eigenvalue weighted by Crippen LogP contribution is -2.47. The Hall–Kier alpha value is -3.12. The highest BCUT2D eigenvalue weighted by Crippen LogP contribution is 2.33.